The maximum atomic E-state index is 13.0. The number of nitrogens with one attached hydrogen (secondary N) is 1. The molecule has 4 amide bonds. The molecule has 0 unspecified atom stereocenters. The normalized spacial score (nSPS) is 14.7. The molecule has 1 aliphatic rings. The number of benzene rings is 3. The molecular formula is C27H23ClN2O5. The highest BCUT2D eigenvalue weighted by molar-refractivity contribution is 6.31. The number of rotatable bonds is 8. The topological polar surface area (TPSA) is 84.9 Å². The Morgan fingerprint density at radius 3 is 2.40 bits per heavy atom. The molecule has 1 aliphatic heterocycles. The van der Waals surface area contributed by atoms with E-state index in [-0.39, 0.29) is 18.7 Å². The van der Waals surface area contributed by atoms with Gasteiger partial charge in [0, 0.05) is 10.6 Å². The summed E-state index contributed by atoms with van der Waals surface area (Å²) in [6, 6.07) is 20.8. The molecule has 0 aliphatic carbocycles. The van der Waals surface area contributed by atoms with Crippen molar-refractivity contribution in [1.82, 2.24) is 10.2 Å². The largest absolute Gasteiger partial charge is 0.490 e. The molecular weight excluding hydrogens is 468 g/mol. The molecule has 35 heavy (non-hydrogen) atoms. The fourth-order valence-electron chi connectivity index (χ4n) is 3.54. The van der Waals surface area contributed by atoms with Crippen molar-refractivity contribution in [3.05, 3.63) is 100 Å². The van der Waals surface area contributed by atoms with Crippen molar-refractivity contribution in [1.29, 1.82) is 0 Å². The molecule has 0 atom stereocenters. The van der Waals surface area contributed by atoms with E-state index >= 15 is 0 Å². The minimum atomic E-state index is -0.751. The van der Waals surface area contributed by atoms with Crippen molar-refractivity contribution in [3.63, 3.8) is 0 Å². The third-order valence-corrected chi connectivity index (χ3v) is 5.66. The molecule has 1 heterocycles. The number of carbonyl (C=O) groups excluding carboxylic acids is 3. The van der Waals surface area contributed by atoms with Gasteiger partial charge in [0.05, 0.1) is 13.2 Å². The number of barbiturate groups is 1. The minimum Gasteiger partial charge on any atom is -0.490 e. The van der Waals surface area contributed by atoms with Gasteiger partial charge in [-0.1, -0.05) is 66.2 Å². The molecule has 1 N–H and O–H groups in total. The highest BCUT2D eigenvalue weighted by atomic mass is 35.5. The molecule has 3 aromatic carbocycles. The van der Waals surface area contributed by atoms with Gasteiger partial charge in [0.1, 0.15) is 12.2 Å². The fraction of sp³-hybridized carbons (Fsp3) is 0.148. The van der Waals surface area contributed by atoms with Crippen LogP contribution in [0.1, 0.15) is 23.6 Å². The molecule has 0 saturated carbocycles. The quantitative estimate of drug-likeness (QED) is 0.355. The van der Waals surface area contributed by atoms with Gasteiger partial charge in [-0.2, -0.15) is 0 Å². The van der Waals surface area contributed by atoms with Crippen LogP contribution in [0, 0.1) is 0 Å². The summed E-state index contributed by atoms with van der Waals surface area (Å²) >= 11 is 6.21. The predicted octanol–water partition coefficient (Wildman–Crippen LogP) is 4.98. The highest BCUT2D eigenvalue weighted by Gasteiger charge is 2.35. The predicted molar refractivity (Wildman–Crippen MR) is 132 cm³/mol. The van der Waals surface area contributed by atoms with Gasteiger partial charge in [-0.15, -0.1) is 0 Å². The van der Waals surface area contributed by atoms with Gasteiger partial charge in [-0.3, -0.25) is 19.8 Å². The third kappa shape index (κ3) is 5.70. The van der Waals surface area contributed by atoms with Gasteiger partial charge in [0.25, 0.3) is 11.8 Å². The second-order valence-corrected chi connectivity index (χ2v) is 8.12. The minimum absolute atomic E-state index is 0.0507. The van der Waals surface area contributed by atoms with Crippen LogP contribution in [0.3, 0.4) is 0 Å². The zero-order chi connectivity index (χ0) is 24.8. The molecule has 7 nitrogen and oxygen atoms in total. The lowest BCUT2D eigenvalue weighted by atomic mass is 10.1. The first-order chi connectivity index (χ1) is 17.0. The Morgan fingerprint density at radius 2 is 1.66 bits per heavy atom. The van der Waals surface area contributed by atoms with Gasteiger partial charge in [-0.25, -0.2) is 4.79 Å². The molecule has 0 spiro atoms. The van der Waals surface area contributed by atoms with Crippen LogP contribution in [0.2, 0.25) is 5.02 Å². The smallest absolute Gasteiger partial charge is 0.331 e. The van der Waals surface area contributed by atoms with Crippen LogP contribution in [0.15, 0.2) is 78.4 Å². The SMILES string of the molecule is CCOc1cc(/C=C2\C(=O)NC(=O)N(Cc3ccccc3)C2=O)ccc1OCc1ccccc1Cl. The second-order valence-electron chi connectivity index (χ2n) is 7.71. The zero-order valence-corrected chi connectivity index (χ0v) is 19.7. The van der Waals surface area contributed by atoms with E-state index in [1.54, 1.807) is 36.4 Å². The maximum absolute atomic E-state index is 13.0. The lowest BCUT2D eigenvalue weighted by Gasteiger charge is -2.26. The van der Waals surface area contributed by atoms with Crippen molar-refractivity contribution in [2.75, 3.05) is 6.61 Å². The maximum Gasteiger partial charge on any atom is 0.331 e. The summed E-state index contributed by atoms with van der Waals surface area (Å²) in [7, 11) is 0. The van der Waals surface area contributed by atoms with Crippen molar-refractivity contribution >= 4 is 35.5 Å². The van der Waals surface area contributed by atoms with Gasteiger partial charge < -0.3 is 9.47 Å². The summed E-state index contributed by atoms with van der Waals surface area (Å²) in [6.45, 7) is 2.53. The number of halogens is 1. The highest BCUT2D eigenvalue weighted by Crippen LogP contribution is 2.31. The number of urea groups is 1. The molecule has 3 aromatic rings. The number of hydrogen-bond acceptors (Lipinski definition) is 5. The van der Waals surface area contributed by atoms with Crippen molar-refractivity contribution in [3.8, 4) is 11.5 Å². The summed E-state index contributed by atoms with van der Waals surface area (Å²) in [5.41, 5.74) is 2.00. The van der Waals surface area contributed by atoms with E-state index in [0.29, 0.717) is 28.7 Å². The molecule has 1 fully saturated rings. The Kier molecular flexibility index (Phi) is 7.48. The number of imide groups is 2. The molecule has 0 bridgehead atoms. The molecule has 1 saturated heterocycles. The molecule has 0 radical (unpaired) electrons. The Balaban J connectivity index is 1.57. The molecule has 0 aromatic heterocycles. The molecule has 178 valence electrons. The first kappa shape index (κ1) is 24.0. The van der Waals surface area contributed by atoms with Crippen LogP contribution in [0.25, 0.3) is 6.08 Å². The number of carbonyl (C=O) groups is 3. The van der Waals surface area contributed by atoms with Crippen LogP contribution in [0.4, 0.5) is 4.79 Å². The number of amides is 4. The van der Waals surface area contributed by atoms with Gasteiger partial charge in [0.2, 0.25) is 0 Å². The van der Waals surface area contributed by atoms with Crippen molar-refractivity contribution in [2.24, 2.45) is 0 Å². The fourth-order valence-corrected chi connectivity index (χ4v) is 3.73. The van der Waals surface area contributed by atoms with Gasteiger partial charge in [0.15, 0.2) is 11.5 Å². The number of nitrogens with zero attached hydrogens (tertiary/aromatic N) is 1. The second kappa shape index (κ2) is 10.9. The first-order valence-corrected chi connectivity index (χ1v) is 11.4. The van der Waals surface area contributed by atoms with Crippen LogP contribution in [-0.4, -0.2) is 29.4 Å². The van der Waals surface area contributed by atoms with Crippen LogP contribution >= 0.6 is 11.6 Å². The number of hydrogen-bond donors (Lipinski definition) is 1. The van der Waals surface area contributed by atoms with E-state index < -0.39 is 17.8 Å². The zero-order valence-electron chi connectivity index (χ0n) is 19.0. The Labute approximate surface area is 207 Å². The Morgan fingerprint density at radius 1 is 0.914 bits per heavy atom. The van der Waals surface area contributed by atoms with Crippen molar-refractivity contribution < 1.29 is 23.9 Å². The standard InChI is InChI=1S/C27H23ClN2O5/c1-2-34-24-15-19(12-13-23(24)35-17-20-10-6-7-11-22(20)28)14-21-25(31)29-27(33)30(26(21)32)16-18-8-4-3-5-9-18/h3-15H,2,16-17H2,1H3,(H,29,31,33)/b21-14+. The van der Waals surface area contributed by atoms with Crippen LogP contribution in [0.5, 0.6) is 11.5 Å². The molecule has 4 rings (SSSR count). The molecule has 8 heteroatoms. The lowest BCUT2D eigenvalue weighted by molar-refractivity contribution is -0.130. The Bertz CT molecular complexity index is 1290. The van der Waals surface area contributed by atoms with E-state index in [0.717, 1.165) is 16.0 Å². The van der Waals surface area contributed by atoms with E-state index in [1.165, 1.54) is 6.08 Å². The van der Waals surface area contributed by atoms with Crippen LogP contribution in [-0.2, 0) is 22.7 Å². The summed E-state index contributed by atoms with van der Waals surface area (Å²) < 4.78 is 11.6. The summed E-state index contributed by atoms with van der Waals surface area (Å²) in [4.78, 5) is 38.8. The van der Waals surface area contributed by atoms with E-state index in [2.05, 4.69) is 5.32 Å². The van der Waals surface area contributed by atoms with E-state index in [1.807, 2.05) is 43.3 Å². The summed E-state index contributed by atoms with van der Waals surface area (Å²) in [6.07, 6.45) is 1.43. The van der Waals surface area contributed by atoms with Crippen LogP contribution < -0.4 is 14.8 Å². The number of ether oxygens (including phenoxy) is 2. The van der Waals surface area contributed by atoms with Gasteiger partial charge in [-0.05, 0) is 42.3 Å². The average Bonchev–Trinajstić information content (AvgIpc) is 2.85. The average molecular weight is 491 g/mol. The summed E-state index contributed by atoms with van der Waals surface area (Å²) in [5.74, 6) is -0.468. The monoisotopic (exact) mass is 490 g/mol. The van der Waals surface area contributed by atoms with E-state index in [4.69, 9.17) is 21.1 Å². The Hall–Kier alpha value is -4.10. The van der Waals surface area contributed by atoms with Crippen molar-refractivity contribution in [2.45, 2.75) is 20.1 Å². The lowest BCUT2D eigenvalue weighted by Crippen LogP contribution is -2.53. The third-order valence-electron chi connectivity index (χ3n) is 5.29. The van der Waals surface area contributed by atoms with Gasteiger partial charge >= 0.3 is 6.03 Å². The first-order valence-electron chi connectivity index (χ1n) is 11.0. The van der Waals surface area contributed by atoms with E-state index in [9.17, 15) is 14.4 Å². The summed E-state index contributed by atoms with van der Waals surface area (Å²) in [5, 5.41) is 2.84.